The van der Waals surface area contributed by atoms with Gasteiger partial charge in [0.15, 0.2) is 0 Å². The second kappa shape index (κ2) is 10.4. The van der Waals surface area contributed by atoms with Crippen LogP contribution in [0.4, 0.5) is 17.1 Å². The minimum Gasteiger partial charge on any atom is -0.363 e. The number of benzene rings is 9. The predicted octanol–water partition coefficient (Wildman–Crippen LogP) is 12.7. The van der Waals surface area contributed by atoms with Crippen LogP contribution >= 0.6 is 0 Å². The summed E-state index contributed by atoms with van der Waals surface area (Å²) in [6, 6.07) is 60.3. The molecule has 1 aliphatic rings. The molecule has 1 N–H and O–H groups in total. The molecule has 0 bridgehead atoms. The van der Waals surface area contributed by atoms with Crippen LogP contribution in [0.2, 0.25) is 0 Å². The van der Waals surface area contributed by atoms with Crippen LogP contribution in [0.3, 0.4) is 0 Å². The van der Waals surface area contributed by atoms with Crippen molar-refractivity contribution in [2.24, 2.45) is 0 Å². The standard InChI is InChI=1S/C46H32N2/c1-29-47-43-20-10-11-21-44(43)48(29)32-25-22-30(23-26-32)45-38-16-6-8-18-40(38)46(41-19-9-7-17-39(41)45)31-24-27-37-35-14-3-2-12-33(35)34-13-4-5-15-36(34)42(37)28-31/h2-29,47H,1H3. The molecule has 1 atom stereocenters. The van der Waals surface area contributed by atoms with Gasteiger partial charge < -0.3 is 10.2 Å². The summed E-state index contributed by atoms with van der Waals surface area (Å²) in [7, 11) is 0. The third kappa shape index (κ3) is 3.93. The molecule has 226 valence electrons. The van der Waals surface area contributed by atoms with Crippen molar-refractivity contribution in [3.63, 3.8) is 0 Å². The molecule has 48 heavy (non-hydrogen) atoms. The summed E-state index contributed by atoms with van der Waals surface area (Å²) in [6.45, 7) is 2.21. The molecular weight excluding hydrogens is 581 g/mol. The van der Waals surface area contributed by atoms with E-state index in [4.69, 9.17) is 0 Å². The topological polar surface area (TPSA) is 15.3 Å². The van der Waals surface area contributed by atoms with Crippen LogP contribution in [-0.2, 0) is 0 Å². The molecule has 0 fully saturated rings. The Bertz CT molecular complexity index is 2630. The fourth-order valence-electron chi connectivity index (χ4n) is 8.27. The molecule has 2 nitrogen and oxygen atoms in total. The summed E-state index contributed by atoms with van der Waals surface area (Å²) in [4.78, 5) is 2.38. The van der Waals surface area contributed by atoms with E-state index in [2.05, 4.69) is 181 Å². The Kier molecular flexibility index (Phi) is 5.89. The molecule has 9 aromatic carbocycles. The molecule has 1 heterocycles. The van der Waals surface area contributed by atoms with Gasteiger partial charge >= 0.3 is 0 Å². The van der Waals surface area contributed by atoms with Crippen LogP contribution in [0.25, 0.3) is 76.1 Å². The summed E-state index contributed by atoms with van der Waals surface area (Å²) >= 11 is 0. The van der Waals surface area contributed by atoms with E-state index in [0.717, 1.165) is 0 Å². The van der Waals surface area contributed by atoms with Gasteiger partial charge in [0.2, 0.25) is 0 Å². The third-order valence-electron chi connectivity index (χ3n) is 10.3. The first-order chi connectivity index (χ1) is 23.7. The van der Waals surface area contributed by atoms with Crippen molar-refractivity contribution in [1.29, 1.82) is 0 Å². The fraction of sp³-hybridized carbons (Fsp3) is 0.0435. The van der Waals surface area contributed by atoms with Crippen molar-refractivity contribution in [3.8, 4) is 22.3 Å². The van der Waals surface area contributed by atoms with Crippen LogP contribution in [-0.4, -0.2) is 6.17 Å². The highest BCUT2D eigenvalue weighted by molar-refractivity contribution is 6.27. The van der Waals surface area contributed by atoms with Gasteiger partial charge in [-0.05, 0) is 113 Å². The van der Waals surface area contributed by atoms with Crippen molar-refractivity contribution >= 4 is 70.9 Å². The van der Waals surface area contributed by atoms with E-state index in [9.17, 15) is 0 Å². The van der Waals surface area contributed by atoms with E-state index in [-0.39, 0.29) is 6.17 Å². The van der Waals surface area contributed by atoms with E-state index in [1.807, 2.05) is 0 Å². The van der Waals surface area contributed by atoms with Crippen LogP contribution in [0.15, 0.2) is 164 Å². The molecule has 0 aromatic heterocycles. The van der Waals surface area contributed by atoms with Gasteiger partial charge in [0, 0.05) is 5.69 Å². The average molecular weight is 613 g/mol. The molecule has 9 aromatic rings. The maximum Gasteiger partial charge on any atom is 0.101 e. The number of hydrogen-bond acceptors (Lipinski definition) is 2. The number of para-hydroxylation sites is 2. The largest absolute Gasteiger partial charge is 0.363 e. The highest BCUT2D eigenvalue weighted by Gasteiger charge is 2.26. The first-order valence-corrected chi connectivity index (χ1v) is 16.8. The van der Waals surface area contributed by atoms with Gasteiger partial charge in [-0.1, -0.05) is 133 Å². The van der Waals surface area contributed by atoms with Gasteiger partial charge in [-0.25, -0.2) is 0 Å². The normalized spacial score (nSPS) is 14.3. The summed E-state index contributed by atoms with van der Waals surface area (Å²) in [5.74, 6) is 0. The number of nitrogens with one attached hydrogen (secondary N) is 1. The van der Waals surface area contributed by atoms with Crippen LogP contribution in [0, 0.1) is 0 Å². The quantitative estimate of drug-likeness (QED) is 0.158. The van der Waals surface area contributed by atoms with Crippen molar-refractivity contribution in [2.75, 3.05) is 10.2 Å². The van der Waals surface area contributed by atoms with Crippen molar-refractivity contribution < 1.29 is 0 Å². The van der Waals surface area contributed by atoms with E-state index in [1.54, 1.807) is 0 Å². The molecular formula is C46H32N2. The Labute approximate surface area is 279 Å². The number of anilines is 3. The summed E-state index contributed by atoms with van der Waals surface area (Å²) in [6.07, 6.45) is 0.186. The Morgan fingerprint density at radius 2 is 0.812 bits per heavy atom. The average Bonchev–Trinajstić information content (AvgIpc) is 3.49. The van der Waals surface area contributed by atoms with E-state index < -0.39 is 0 Å². The van der Waals surface area contributed by atoms with Crippen LogP contribution in [0.5, 0.6) is 0 Å². The molecule has 0 aliphatic carbocycles. The smallest absolute Gasteiger partial charge is 0.101 e. The van der Waals surface area contributed by atoms with E-state index in [0.29, 0.717) is 0 Å². The van der Waals surface area contributed by atoms with Gasteiger partial charge in [-0.3, -0.25) is 0 Å². The van der Waals surface area contributed by atoms with Crippen molar-refractivity contribution in [3.05, 3.63) is 164 Å². The molecule has 0 radical (unpaired) electrons. The van der Waals surface area contributed by atoms with Crippen LogP contribution < -0.4 is 10.2 Å². The zero-order valence-electron chi connectivity index (χ0n) is 26.6. The Morgan fingerprint density at radius 3 is 1.38 bits per heavy atom. The summed E-state index contributed by atoms with van der Waals surface area (Å²) < 4.78 is 0. The van der Waals surface area contributed by atoms with Gasteiger partial charge in [0.05, 0.1) is 11.4 Å². The van der Waals surface area contributed by atoms with E-state index in [1.165, 1.54) is 93.2 Å². The Hall–Kier alpha value is -6.12. The molecule has 0 saturated heterocycles. The lowest BCUT2D eigenvalue weighted by molar-refractivity contribution is 0.843. The molecule has 0 amide bonds. The lowest BCUT2D eigenvalue weighted by Crippen LogP contribution is -2.28. The van der Waals surface area contributed by atoms with Crippen LogP contribution in [0.1, 0.15) is 6.92 Å². The predicted molar refractivity (Wildman–Crippen MR) is 207 cm³/mol. The number of rotatable bonds is 3. The molecule has 0 spiro atoms. The summed E-state index contributed by atoms with van der Waals surface area (Å²) in [5, 5.41) is 16.5. The minimum absolute atomic E-state index is 0.186. The SMILES string of the molecule is CC1Nc2ccccc2N1c1ccc(-c2c3ccccc3c(-c3ccc4c5ccccc5c5ccccc5c4c3)c3ccccc23)cc1. The zero-order valence-corrected chi connectivity index (χ0v) is 26.6. The maximum atomic E-state index is 3.62. The zero-order chi connectivity index (χ0) is 31.8. The molecule has 1 unspecified atom stereocenters. The van der Waals surface area contributed by atoms with Gasteiger partial charge in [0.25, 0.3) is 0 Å². The highest BCUT2D eigenvalue weighted by Crippen LogP contribution is 2.46. The summed E-state index contributed by atoms with van der Waals surface area (Å²) in [5.41, 5.74) is 8.61. The van der Waals surface area contributed by atoms with Crippen molar-refractivity contribution in [2.45, 2.75) is 13.1 Å². The second-order valence-electron chi connectivity index (χ2n) is 12.9. The highest BCUT2D eigenvalue weighted by atomic mass is 15.3. The molecule has 0 saturated carbocycles. The van der Waals surface area contributed by atoms with Gasteiger partial charge in [-0.2, -0.15) is 0 Å². The first kappa shape index (κ1) is 27.0. The number of hydrogen-bond donors (Lipinski definition) is 1. The van der Waals surface area contributed by atoms with E-state index >= 15 is 0 Å². The van der Waals surface area contributed by atoms with Gasteiger partial charge in [0.1, 0.15) is 6.17 Å². The second-order valence-corrected chi connectivity index (χ2v) is 12.9. The first-order valence-electron chi connectivity index (χ1n) is 16.8. The molecule has 1 aliphatic heterocycles. The van der Waals surface area contributed by atoms with Crippen molar-refractivity contribution in [1.82, 2.24) is 0 Å². The number of fused-ring (bicyclic) bond motifs is 9. The molecule has 2 heteroatoms. The molecule has 10 rings (SSSR count). The number of nitrogens with zero attached hydrogens (tertiary/aromatic N) is 1. The lowest BCUT2D eigenvalue weighted by Gasteiger charge is -2.24. The maximum absolute atomic E-state index is 3.62. The monoisotopic (exact) mass is 612 g/mol. The van der Waals surface area contributed by atoms with Gasteiger partial charge in [-0.15, -0.1) is 0 Å². The third-order valence-corrected chi connectivity index (χ3v) is 10.3. The lowest BCUT2D eigenvalue weighted by atomic mass is 9.85. The Morgan fingerprint density at radius 1 is 0.396 bits per heavy atom. The Balaban J connectivity index is 1.19. The minimum atomic E-state index is 0.186. The fourth-order valence-corrected chi connectivity index (χ4v) is 8.27.